The van der Waals surface area contributed by atoms with Gasteiger partial charge in [-0.15, -0.1) is 0 Å². The summed E-state index contributed by atoms with van der Waals surface area (Å²) in [5, 5.41) is 9.83. The summed E-state index contributed by atoms with van der Waals surface area (Å²) in [7, 11) is 0. The third-order valence-electron chi connectivity index (χ3n) is 2.46. The number of carbonyl (C=O) groups excluding carboxylic acids is 1. The van der Waals surface area contributed by atoms with Gasteiger partial charge < -0.3 is 5.11 Å². The van der Waals surface area contributed by atoms with Crippen LogP contribution in [0.2, 0.25) is 5.15 Å². The first-order valence-corrected chi connectivity index (χ1v) is 5.06. The highest BCUT2D eigenvalue weighted by molar-refractivity contribution is 6.29. The standard InChI is InChI=1S/C11H10ClNO2/c12-11-4-1-7(6-13-11)9-5-8(14)2-3-10(9)15/h1-4,6,8-9,14H,5H2/t8-,9+/m0/s1. The molecule has 1 aromatic rings. The van der Waals surface area contributed by atoms with Crippen LogP contribution in [0.4, 0.5) is 0 Å². The molecule has 2 atom stereocenters. The first kappa shape index (κ1) is 10.3. The average molecular weight is 224 g/mol. The van der Waals surface area contributed by atoms with E-state index < -0.39 is 6.10 Å². The molecule has 0 bridgehead atoms. The van der Waals surface area contributed by atoms with Gasteiger partial charge in [0.15, 0.2) is 5.78 Å². The van der Waals surface area contributed by atoms with Gasteiger partial charge in [0.1, 0.15) is 5.15 Å². The number of pyridine rings is 1. The number of halogens is 1. The van der Waals surface area contributed by atoms with E-state index in [1.165, 1.54) is 12.2 Å². The van der Waals surface area contributed by atoms with Crippen LogP contribution in [0.3, 0.4) is 0 Å². The molecule has 0 fully saturated rings. The number of aliphatic hydroxyl groups excluding tert-OH is 1. The molecule has 0 unspecified atom stereocenters. The maximum Gasteiger partial charge on any atom is 0.163 e. The third kappa shape index (κ3) is 2.25. The van der Waals surface area contributed by atoms with E-state index in [2.05, 4.69) is 4.98 Å². The predicted molar refractivity (Wildman–Crippen MR) is 56.8 cm³/mol. The molecule has 0 radical (unpaired) electrons. The molecule has 0 saturated carbocycles. The highest BCUT2D eigenvalue weighted by atomic mass is 35.5. The van der Waals surface area contributed by atoms with Crippen LogP contribution in [0.5, 0.6) is 0 Å². The fourth-order valence-electron chi connectivity index (χ4n) is 1.65. The van der Waals surface area contributed by atoms with Gasteiger partial charge in [-0.3, -0.25) is 4.79 Å². The summed E-state index contributed by atoms with van der Waals surface area (Å²) in [6, 6.07) is 3.42. The second-order valence-electron chi connectivity index (χ2n) is 3.53. The second kappa shape index (κ2) is 4.13. The van der Waals surface area contributed by atoms with Crippen LogP contribution in [-0.4, -0.2) is 22.0 Å². The quantitative estimate of drug-likeness (QED) is 0.738. The van der Waals surface area contributed by atoms with Gasteiger partial charge in [0.25, 0.3) is 0 Å². The van der Waals surface area contributed by atoms with Crippen LogP contribution in [0.15, 0.2) is 30.5 Å². The van der Waals surface area contributed by atoms with Crippen molar-refractivity contribution in [2.24, 2.45) is 0 Å². The number of carbonyl (C=O) groups is 1. The zero-order valence-electron chi connectivity index (χ0n) is 7.93. The van der Waals surface area contributed by atoms with Crippen molar-refractivity contribution in [1.82, 2.24) is 4.98 Å². The molecule has 1 aliphatic carbocycles. The minimum atomic E-state index is -0.552. The summed E-state index contributed by atoms with van der Waals surface area (Å²) in [5.74, 6) is -0.292. The van der Waals surface area contributed by atoms with Crippen molar-refractivity contribution >= 4 is 17.4 Å². The number of rotatable bonds is 1. The molecule has 4 heteroatoms. The summed E-state index contributed by atoms with van der Waals surface area (Å²) in [6.45, 7) is 0. The normalized spacial score (nSPS) is 25.6. The van der Waals surface area contributed by atoms with E-state index in [1.54, 1.807) is 18.3 Å². The summed E-state index contributed by atoms with van der Waals surface area (Å²) >= 11 is 5.66. The van der Waals surface area contributed by atoms with Crippen LogP contribution in [0, 0.1) is 0 Å². The third-order valence-corrected chi connectivity index (χ3v) is 2.68. The smallest absolute Gasteiger partial charge is 0.163 e. The van der Waals surface area contributed by atoms with Crippen molar-refractivity contribution in [3.8, 4) is 0 Å². The van der Waals surface area contributed by atoms with E-state index in [-0.39, 0.29) is 11.7 Å². The van der Waals surface area contributed by atoms with Crippen LogP contribution in [-0.2, 0) is 4.79 Å². The van der Waals surface area contributed by atoms with Crippen molar-refractivity contribution < 1.29 is 9.90 Å². The van der Waals surface area contributed by atoms with Crippen molar-refractivity contribution in [3.63, 3.8) is 0 Å². The van der Waals surface area contributed by atoms with Gasteiger partial charge in [0, 0.05) is 6.20 Å². The highest BCUT2D eigenvalue weighted by Gasteiger charge is 2.25. The Bertz CT molecular complexity index is 400. The molecule has 0 amide bonds. The van der Waals surface area contributed by atoms with Gasteiger partial charge in [-0.25, -0.2) is 4.98 Å². The Morgan fingerprint density at radius 1 is 1.47 bits per heavy atom. The lowest BCUT2D eigenvalue weighted by molar-refractivity contribution is -0.117. The molecular formula is C11H10ClNO2. The van der Waals surface area contributed by atoms with E-state index in [4.69, 9.17) is 11.6 Å². The zero-order valence-corrected chi connectivity index (χ0v) is 8.69. The molecule has 3 nitrogen and oxygen atoms in total. The number of aliphatic hydroxyl groups is 1. The number of hydrogen-bond acceptors (Lipinski definition) is 3. The molecule has 78 valence electrons. The molecule has 2 rings (SSSR count). The lowest BCUT2D eigenvalue weighted by Gasteiger charge is -2.20. The maximum absolute atomic E-state index is 11.6. The largest absolute Gasteiger partial charge is 0.389 e. The Morgan fingerprint density at radius 3 is 2.93 bits per heavy atom. The molecule has 1 N–H and O–H groups in total. The Balaban J connectivity index is 2.27. The van der Waals surface area contributed by atoms with Gasteiger partial charge >= 0.3 is 0 Å². The Morgan fingerprint density at radius 2 is 2.27 bits per heavy atom. The SMILES string of the molecule is O=C1C=C[C@H](O)C[C@@H]1c1ccc(Cl)nc1. The first-order valence-electron chi connectivity index (χ1n) is 4.68. The van der Waals surface area contributed by atoms with Crippen LogP contribution in [0.25, 0.3) is 0 Å². The molecule has 1 aliphatic rings. The van der Waals surface area contributed by atoms with Crippen molar-refractivity contribution in [3.05, 3.63) is 41.2 Å². The van der Waals surface area contributed by atoms with Gasteiger partial charge in [-0.1, -0.05) is 23.7 Å². The summed E-state index contributed by atoms with van der Waals surface area (Å²) in [5.41, 5.74) is 0.799. The van der Waals surface area contributed by atoms with Crippen molar-refractivity contribution in [2.45, 2.75) is 18.4 Å². The molecule has 1 aromatic heterocycles. The molecule has 1 heterocycles. The van der Waals surface area contributed by atoms with Gasteiger partial charge in [0.05, 0.1) is 12.0 Å². The van der Waals surface area contributed by atoms with Gasteiger partial charge in [-0.2, -0.15) is 0 Å². The number of nitrogens with zero attached hydrogens (tertiary/aromatic N) is 1. The lowest BCUT2D eigenvalue weighted by atomic mass is 9.86. The summed E-state index contributed by atoms with van der Waals surface area (Å²) in [4.78, 5) is 15.5. The van der Waals surface area contributed by atoms with Gasteiger partial charge in [0.2, 0.25) is 0 Å². The summed E-state index contributed by atoms with van der Waals surface area (Å²) < 4.78 is 0. The van der Waals surface area contributed by atoms with E-state index >= 15 is 0 Å². The molecule has 0 saturated heterocycles. The minimum Gasteiger partial charge on any atom is -0.389 e. The van der Waals surface area contributed by atoms with E-state index in [0.717, 1.165) is 5.56 Å². The van der Waals surface area contributed by atoms with E-state index in [0.29, 0.717) is 11.6 Å². The van der Waals surface area contributed by atoms with Gasteiger partial charge in [-0.05, 0) is 24.1 Å². The predicted octanol–water partition coefficient (Wildman–Crippen LogP) is 1.71. The molecule has 0 spiro atoms. The fourth-order valence-corrected chi connectivity index (χ4v) is 1.76. The Kier molecular flexibility index (Phi) is 2.84. The highest BCUT2D eigenvalue weighted by Crippen LogP contribution is 2.26. The lowest BCUT2D eigenvalue weighted by Crippen LogP contribution is -2.21. The Hall–Kier alpha value is -1.19. The monoisotopic (exact) mass is 223 g/mol. The van der Waals surface area contributed by atoms with E-state index in [1.807, 2.05) is 0 Å². The first-order chi connectivity index (χ1) is 7.16. The summed E-state index contributed by atoms with van der Waals surface area (Å²) in [6.07, 6.45) is 4.38. The number of hydrogen-bond donors (Lipinski definition) is 1. The molecule has 0 aliphatic heterocycles. The van der Waals surface area contributed by atoms with Crippen molar-refractivity contribution in [1.29, 1.82) is 0 Å². The average Bonchev–Trinajstić information content (AvgIpc) is 2.23. The van der Waals surface area contributed by atoms with Crippen molar-refractivity contribution in [2.75, 3.05) is 0 Å². The minimum absolute atomic E-state index is 0.00409. The molecule has 0 aromatic carbocycles. The van der Waals surface area contributed by atoms with E-state index in [9.17, 15) is 9.90 Å². The topological polar surface area (TPSA) is 50.2 Å². The van der Waals surface area contributed by atoms with Crippen LogP contribution >= 0.6 is 11.6 Å². The maximum atomic E-state index is 11.6. The fraction of sp³-hybridized carbons (Fsp3) is 0.273. The van der Waals surface area contributed by atoms with Crippen LogP contribution < -0.4 is 0 Å². The number of ketones is 1. The number of aromatic nitrogens is 1. The molecule has 15 heavy (non-hydrogen) atoms. The van der Waals surface area contributed by atoms with Crippen LogP contribution in [0.1, 0.15) is 17.9 Å². The number of allylic oxidation sites excluding steroid dienone is 1. The molecular weight excluding hydrogens is 214 g/mol. The Labute approximate surface area is 92.4 Å². The second-order valence-corrected chi connectivity index (χ2v) is 3.92. The zero-order chi connectivity index (χ0) is 10.8.